The summed E-state index contributed by atoms with van der Waals surface area (Å²) < 4.78 is 5.60. The van der Waals surface area contributed by atoms with E-state index < -0.39 is 0 Å². The van der Waals surface area contributed by atoms with Gasteiger partial charge in [0.05, 0.1) is 0 Å². The van der Waals surface area contributed by atoms with E-state index in [0.29, 0.717) is 6.61 Å². The van der Waals surface area contributed by atoms with E-state index in [1.807, 2.05) is 12.1 Å². The van der Waals surface area contributed by atoms with Crippen molar-refractivity contribution in [1.82, 2.24) is 0 Å². The van der Waals surface area contributed by atoms with Crippen molar-refractivity contribution in [3.8, 4) is 5.75 Å². The lowest BCUT2D eigenvalue weighted by Crippen LogP contribution is -1.93. The summed E-state index contributed by atoms with van der Waals surface area (Å²) in [5.74, 6) is 0.927. The van der Waals surface area contributed by atoms with E-state index in [9.17, 15) is 0 Å². The summed E-state index contributed by atoms with van der Waals surface area (Å²) in [4.78, 5) is 0. The number of rotatable bonds is 5. The van der Waals surface area contributed by atoms with Crippen LogP contribution >= 0.6 is 11.3 Å². The van der Waals surface area contributed by atoms with Gasteiger partial charge in [0.1, 0.15) is 12.4 Å². The molecule has 0 aliphatic carbocycles. The molecule has 0 atom stereocenters. The van der Waals surface area contributed by atoms with Crippen LogP contribution in [-0.4, -0.2) is 6.61 Å². The van der Waals surface area contributed by atoms with E-state index in [4.69, 9.17) is 4.74 Å². The second kappa shape index (κ2) is 6.26. The van der Waals surface area contributed by atoms with Crippen LogP contribution in [0.5, 0.6) is 5.75 Å². The first kappa shape index (κ1) is 11.9. The third-order valence-corrected chi connectivity index (χ3v) is 3.20. The Hall–Kier alpha value is -1.54. The van der Waals surface area contributed by atoms with Crippen molar-refractivity contribution < 1.29 is 4.74 Å². The Morgan fingerprint density at radius 2 is 1.94 bits per heavy atom. The Bertz CT molecular complexity index is 454. The SMILES string of the molecule is Cc1ccc(OC/C=C\Cc2ccsc2)cc1. The van der Waals surface area contributed by atoms with Crippen molar-refractivity contribution in [3.63, 3.8) is 0 Å². The van der Waals surface area contributed by atoms with Gasteiger partial charge in [0.25, 0.3) is 0 Å². The Kier molecular flexibility index (Phi) is 4.39. The van der Waals surface area contributed by atoms with Crippen LogP contribution in [0.1, 0.15) is 11.1 Å². The standard InChI is InChI=1S/C15H16OS/c1-13-5-7-15(8-6-13)16-10-3-2-4-14-9-11-17-12-14/h2-3,5-9,11-12H,4,10H2,1H3/b3-2-. The van der Waals surface area contributed by atoms with Gasteiger partial charge >= 0.3 is 0 Å². The lowest BCUT2D eigenvalue weighted by molar-refractivity contribution is 0.362. The molecule has 2 rings (SSSR count). The number of hydrogen-bond donors (Lipinski definition) is 0. The molecular formula is C15H16OS. The molecule has 0 saturated heterocycles. The predicted molar refractivity (Wildman–Crippen MR) is 73.8 cm³/mol. The molecule has 0 aliphatic rings. The molecule has 0 spiro atoms. The number of allylic oxidation sites excluding steroid dienone is 1. The van der Waals surface area contributed by atoms with Crippen molar-refractivity contribution in [2.24, 2.45) is 0 Å². The number of hydrogen-bond acceptors (Lipinski definition) is 2. The first-order valence-electron chi connectivity index (χ1n) is 5.70. The molecule has 2 aromatic rings. The van der Waals surface area contributed by atoms with Gasteiger partial charge in [0.15, 0.2) is 0 Å². The lowest BCUT2D eigenvalue weighted by Gasteiger charge is -2.02. The number of benzene rings is 1. The summed E-state index contributed by atoms with van der Waals surface area (Å²) in [6.45, 7) is 2.71. The molecular weight excluding hydrogens is 228 g/mol. The highest BCUT2D eigenvalue weighted by Crippen LogP contribution is 2.11. The smallest absolute Gasteiger partial charge is 0.119 e. The van der Waals surface area contributed by atoms with E-state index in [0.717, 1.165) is 12.2 Å². The molecule has 0 bridgehead atoms. The van der Waals surface area contributed by atoms with Gasteiger partial charge in [-0.3, -0.25) is 0 Å². The Labute approximate surface area is 106 Å². The highest BCUT2D eigenvalue weighted by Gasteiger charge is 1.91. The average Bonchev–Trinajstić information content (AvgIpc) is 2.84. The minimum atomic E-state index is 0.632. The van der Waals surface area contributed by atoms with Gasteiger partial charge in [-0.25, -0.2) is 0 Å². The van der Waals surface area contributed by atoms with E-state index in [1.54, 1.807) is 11.3 Å². The third-order valence-electron chi connectivity index (χ3n) is 2.47. The summed E-state index contributed by atoms with van der Waals surface area (Å²) in [6.07, 6.45) is 5.20. The van der Waals surface area contributed by atoms with Gasteiger partial charge in [-0.1, -0.05) is 29.8 Å². The molecule has 1 aromatic carbocycles. The van der Waals surface area contributed by atoms with Gasteiger partial charge < -0.3 is 4.74 Å². The van der Waals surface area contributed by atoms with Crippen LogP contribution in [0.3, 0.4) is 0 Å². The van der Waals surface area contributed by atoms with Crippen molar-refractivity contribution in [1.29, 1.82) is 0 Å². The normalized spacial score (nSPS) is 10.9. The summed E-state index contributed by atoms with van der Waals surface area (Å²) >= 11 is 1.74. The average molecular weight is 244 g/mol. The summed E-state index contributed by atoms with van der Waals surface area (Å²) in [7, 11) is 0. The highest BCUT2D eigenvalue weighted by atomic mass is 32.1. The first-order valence-corrected chi connectivity index (χ1v) is 6.64. The highest BCUT2D eigenvalue weighted by molar-refractivity contribution is 7.07. The van der Waals surface area contributed by atoms with E-state index >= 15 is 0 Å². The zero-order chi connectivity index (χ0) is 11.9. The molecule has 88 valence electrons. The number of aryl methyl sites for hydroxylation is 1. The zero-order valence-electron chi connectivity index (χ0n) is 9.93. The van der Waals surface area contributed by atoms with Crippen molar-refractivity contribution >= 4 is 11.3 Å². The fourth-order valence-electron chi connectivity index (χ4n) is 1.48. The van der Waals surface area contributed by atoms with Crippen molar-refractivity contribution in [2.75, 3.05) is 6.61 Å². The molecule has 1 nitrogen and oxygen atoms in total. The molecule has 2 heteroatoms. The van der Waals surface area contributed by atoms with Crippen LogP contribution in [0.15, 0.2) is 53.2 Å². The number of thiophene rings is 1. The van der Waals surface area contributed by atoms with Crippen molar-refractivity contribution in [2.45, 2.75) is 13.3 Å². The quantitative estimate of drug-likeness (QED) is 0.715. The van der Waals surface area contributed by atoms with Gasteiger partial charge in [-0.2, -0.15) is 11.3 Å². The van der Waals surface area contributed by atoms with E-state index in [2.05, 4.69) is 48.0 Å². The Balaban J connectivity index is 1.72. The van der Waals surface area contributed by atoms with Crippen LogP contribution in [0, 0.1) is 6.92 Å². The summed E-state index contributed by atoms with van der Waals surface area (Å²) in [5.41, 5.74) is 2.62. The minimum absolute atomic E-state index is 0.632. The Morgan fingerprint density at radius 1 is 1.12 bits per heavy atom. The maximum absolute atomic E-state index is 5.60. The molecule has 0 radical (unpaired) electrons. The topological polar surface area (TPSA) is 9.23 Å². The van der Waals surface area contributed by atoms with Crippen LogP contribution in [-0.2, 0) is 6.42 Å². The van der Waals surface area contributed by atoms with Crippen LogP contribution in [0.2, 0.25) is 0 Å². The fraction of sp³-hybridized carbons (Fsp3) is 0.200. The molecule has 0 saturated carbocycles. The van der Waals surface area contributed by atoms with Crippen LogP contribution in [0.25, 0.3) is 0 Å². The Morgan fingerprint density at radius 3 is 2.65 bits per heavy atom. The fourth-order valence-corrected chi connectivity index (χ4v) is 2.16. The second-order valence-corrected chi connectivity index (χ2v) is 4.71. The van der Waals surface area contributed by atoms with Gasteiger partial charge in [-0.15, -0.1) is 0 Å². The zero-order valence-corrected chi connectivity index (χ0v) is 10.7. The predicted octanol–water partition coefficient (Wildman–Crippen LogP) is 4.23. The third kappa shape index (κ3) is 4.08. The maximum atomic E-state index is 5.60. The first-order chi connectivity index (χ1) is 8.34. The molecule has 0 aliphatic heterocycles. The largest absolute Gasteiger partial charge is 0.490 e. The molecule has 0 amide bonds. The lowest BCUT2D eigenvalue weighted by atomic mass is 10.2. The minimum Gasteiger partial charge on any atom is -0.490 e. The molecule has 17 heavy (non-hydrogen) atoms. The maximum Gasteiger partial charge on any atom is 0.119 e. The van der Waals surface area contributed by atoms with Gasteiger partial charge in [0.2, 0.25) is 0 Å². The molecule has 1 aromatic heterocycles. The van der Waals surface area contributed by atoms with Crippen LogP contribution < -0.4 is 4.74 Å². The summed E-state index contributed by atoms with van der Waals surface area (Å²) in [5, 5.41) is 4.27. The van der Waals surface area contributed by atoms with E-state index in [-0.39, 0.29) is 0 Å². The second-order valence-electron chi connectivity index (χ2n) is 3.93. The molecule has 0 N–H and O–H groups in total. The number of ether oxygens (including phenoxy) is 1. The van der Waals surface area contributed by atoms with E-state index in [1.165, 1.54) is 11.1 Å². The van der Waals surface area contributed by atoms with Gasteiger partial charge in [-0.05, 0) is 47.9 Å². The van der Waals surface area contributed by atoms with Crippen LogP contribution in [0.4, 0.5) is 0 Å². The molecule has 1 heterocycles. The molecule has 0 fully saturated rings. The van der Waals surface area contributed by atoms with Gasteiger partial charge in [0, 0.05) is 0 Å². The monoisotopic (exact) mass is 244 g/mol. The van der Waals surface area contributed by atoms with Crippen molar-refractivity contribution in [3.05, 3.63) is 64.4 Å². The summed E-state index contributed by atoms with van der Waals surface area (Å²) in [6, 6.07) is 10.3. The molecule has 0 unspecified atom stereocenters.